The van der Waals surface area contributed by atoms with Crippen LogP contribution in [0.1, 0.15) is 63.7 Å². The first-order chi connectivity index (χ1) is 18.1. The highest BCUT2D eigenvalue weighted by Crippen LogP contribution is 2.54. The Morgan fingerprint density at radius 3 is 2.12 bits per heavy atom. The fourth-order valence-electron chi connectivity index (χ4n) is 5.26. The summed E-state index contributed by atoms with van der Waals surface area (Å²) in [5.41, 5.74) is 0.995. The molecule has 12 heteroatoms. The number of carbonyl (C=O) groups is 1. The van der Waals surface area contributed by atoms with Gasteiger partial charge in [0.25, 0.3) is 5.91 Å². The van der Waals surface area contributed by atoms with Gasteiger partial charge in [-0.15, -0.1) is 12.4 Å². The first-order valence-corrected chi connectivity index (χ1v) is 16.3. The van der Waals surface area contributed by atoms with Gasteiger partial charge in [0.05, 0.1) is 34.3 Å². The number of nitrogens with one attached hydrogen (secondary N) is 2. The summed E-state index contributed by atoms with van der Waals surface area (Å²) < 4.78 is 59.3. The summed E-state index contributed by atoms with van der Waals surface area (Å²) in [5, 5.41) is 2.83. The van der Waals surface area contributed by atoms with Crippen LogP contribution in [0.2, 0.25) is 0 Å². The van der Waals surface area contributed by atoms with Crippen molar-refractivity contribution >= 4 is 49.5 Å². The molecule has 3 aliphatic rings. The molecule has 2 aromatic carbocycles. The van der Waals surface area contributed by atoms with E-state index in [4.69, 9.17) is 4.74 Å². The molecule has 1 amide bonds. The van der Waals surface area contributed by atoms with Crippen molar-refractivity contribution in [3.8, 4) is 0 Å². The summed E-state index contributed by atoms with van der Waals surface area (Å²) in [6.45, 7) is 8.72. The van der Waals surface area contributed by atoms with Gasteiger partial charge >= 0.3 is 0 Å². The van der Waals surface area contributed by atoms with E-state index in [-0.39, 0.29) is 35.4 Å². The van der Waals surface area contributed by atoms with Gasteiger partial charge in [0, 0.05) is 24.3 Å². The molecule has 0 radical (unpaired) electrons. The monoisotopic (exact) mass is 611 g/mol. The maximum Gasteiger partial charge on any atom is 0.257 e. The molecule has 0 aromatic heterocycles. The van der Waals surface area contributed by atoms with Gasteiger partial charge in [0.15, 0.2) is 9.84 Å². The fraction of sp³-hybridized carbons (Fsp3) is 0.536. The number of ether oxygens (including phenoxy) is 1. The molecule has 0 bridgehead atoms. The summed E-state index contributed by atoms with van der Waals surface area (Å²) >= 11 is 0. The molecular weight excluding hydrogens is 574 g/mol. The number of hydrogen-bond donors (Lipinski definition) is 2. The number of sulfone groups is 1. The van der Waals surface area contributed by atoms with Gasteiger partial charge in [0.1, 0.15) is 4.75 Å². The third-order valence-electron chi connectivity index (χ3n) is 7.95. The van der Waals surface area contributed by atoms with Crippen molar-refractivity contribution in [1.82, 2.24) is 4.72 Å². The maximum absolute atomic E-state index is 13.6. The number of sulfonamides is 1. The lowest BCUT2D eigenvalue weighted by Crippen LogP contribution is -2.53. The highest BCUT2D eigenvalue weighted by molar-refractivity contribution is 7.93. The number of hydrogen-bond acceptors (Lipinski definition) is 7. The second-order valence-electron chi connectivity index (χ2n) is 12.4. The first kappa shape index (κ1) is 30.8. The van der Waals surface area contributed by atoms with Gasteiger partial charge in [-0.25, -0.2) is 21.6 Å². The van der Waals surface area contributed by atoms with Crippen molar-refractivity contribution in [2.45, 2.75) is 73.5 Å². The molecular formula is C28H38ClN3O6S2. The molecule has 9 nitrogen and oxygen atoms in total. The van der Waals surface area contributed by atoms with E-state index in [9.17, 15) is 21.6 Å². The van der Waals surface area contributed by atoms with Crippen molar-refractivity contribution in [3.63, 3.8) is 0 Å². The van der Waals surface area contributed by atoms with E-state index in [1.54, 1.807) is 52.0 Å². The second-order valence-corrected chi connectivity index (χ2v) is 16.6. The largest absolute Gasteiger partial charge is 0.378 e. The van der Waals surface area contributed by atoms with E-state index in [0.717, 1.165) is 25.9 Å². The molecule has 3 fully saturated rings. The van der Waals surface area contributed by atoms with Crippen molar-refractivity contribution in [3.05, 3.63) is 48.0 Å². The van der Waals surface area contributed by atoms with Crippen LogP contribution in [0.4, 0.5) is 11.4 Å². The first-order valence-electron chi connectivity index (χ1n) is 13.3. The Kier molecular flexibility index (Phi) is 8.14. The average Bonchev–Trinajstić information content (AvgIpc) is 3.60. The lowest BCUT2D eigenvalue weighted by molar-refractivity contribution is -0.00490. The number of anilines is 2. The number of halogens is 1. The predicted molar refractivity (Wildman–Crippen MR) is 158 cm³/mol. The number of amides is 1. The number of benzene rings is 2. The number of carbonyl (C=O) groups excluding carboxylic acids is 1. The van der Waals surface area contributed by atoms with Gasteiger partial charge in [0.2, 0.25) is 10.0 Å². The fourth-order valence-corrected chi connectivity index (χ4v) is 8.29. The Hall–Kier alpha value is -2.18. The minimum atomic E-state index is -3.79. The summed E-state index contributed by atoms with van der Waals surface area (Å²) in [6.07, 6.45) is 4.48. The summed E-state index contributed by atoms with van der Waals surface area (Å²) in [6, 6.07) is 10.8. The second kappa shape index (κ2) is 10.6. The Balaban J connectivity index is 0.00000370. The topological polar surface area (TPSA) is 122 Å². The van der Waals surface area contributed by atoms with Crippen molar-refractivity contribution < 1.29 is 26.4 Å². The minimum Gasteiger partial charge on any atom is -0.378 e. The molecule has 2 saturated heterocycles. The van der Waals surface area contributed by atoms with Gasteiger partial charge in [-0.2, -0.15) is 0 Å². The van der Waals surface area contributed by atoms with Crippen LogP contribution in [0.25, 0.3) is 0 Å². The quantitative estimate of drug-likeness (QED) is 0.476. The summed E-state index contributed by atoms with van der Waals surface area (Å²) in [5.74, 6) is -0.433. The minimum absolute atomic E-state index is 0. The van der Waals surface area contributed by atoms with E-state index in [1.165, 1.54) is 31.0 Å². The zero-order valence-corrected chi connectivity index (χ0v) is 25.8. The van der Waals surface area contributed by atoms with E-state index < -0.39 is 36.1 Å². The standard InChI is InChI=1S/C28H37N3O6S2.ClH/c1-26(2,3)30-39(35,36)22-7-5-6-20(16-22)29-25(32)23-9-8-21(38(33,34)27(4)18-37-19-27)17-24(23)31-14-12-28(10-11-28)13-15-31;/h5-9,16-17,30H,10-15,18-19H2,1-4H3,(H,29,32);1H. The van der Waals surface area contributed by atoms with E-state index in [0.29, 0.717) is 22.4 Å². The molecule has 0 unspecified atom stereocenters. The number of nitrogens with zero attached hydrogens (tertiary/aromatic N) is 1. The van der Waals surface area contributed by atoms with Crippen LogP contribution in [0.3, 0.4) is 0 Å². The van der Waals surface area contributed by atoms with E-state index in [1.807, 2.05) is 0 Å². The predicted octanol–water partition coefficient (Wildman–Crippen LogP) is 4.38. The van der Waals surface area contributed by atoms with Gasteiger partial charge in [-0.1, -0.05) is 6.07 Å². The van der Waals surface area contributed by atoms with Crippen molar-refractivity contribution in [1.29, 1.82) is 0 Å². The zero-order valence-electron chi connectivity index (χ0n) is 23.3. The molecule has 2 aromatic rings. The Morgan fingerprint density at radius 2 is 1.57 bits per heavy atom. The zero-order chi connectivity index (χ0) is 28.3. The van der Waals surface area contributed by atoms with Crippen molar-refractivity contribution in [2.75, 3.05) is 36.5 Å². The van der Waals surface area contributed by atoms with Gasteiger partial charge in [-0.3, -0.25) is 4.79 Å². The molecule has 1 saturated carbocycles. The average molecular weight is 612 g/mol. The van der Waals surface area contributed by atoms with E-state index in [2.05, 4.69) is 14.9 Å². The van der Waals surface area contributed by atoms with Crippen molar-refractivity contribution in [2.24, 2.45) is 5.41 Å². The van der Waals surface area contributed by atoms with Crippen LogP contribution in [-0.2, 0) is 24.6 Å². The highest BCUT2D eigenvalue weighted by atomic mass is 35.5. The smallest absolute Gasteiger partial charge is 0.257 e. The lowest BCUT2D eigenvalue weighted by atomic mass is 9.93. The van der Waals surface area contributed by atoms with E-state index >= 15 is 0 Å². The summed E-state index contributed by atoms with van der Waals surface area (Å²) in [4.78, 5) is 15.9. The number of piperidine rings is 1. The van der Waals surface area contributed by atoms with Crippen LogP contribution in [-0.4, -0.2) is 59.3 Å². The lowest BCUT2D eigenvalue weighted by Gasteiger charge is -2.38. The number of rotatable bonds is 7. The third-order valence-corrected chi connectivity index (χ3v) is 12.1. The van der Waals surface area contributed by atoms with Crippen LogP contribution in [0.15, 0.2) is 52.3 Å². The van der Waals surface area contributed by atoms with Crippen LogP contribution < -0.4 is 14.9 Å². The Bertz CT molecular complexity index is 1500. The molecule has 1 aliphatic carbocycles. The van der Waals surface area contributed by atoms with Crippen LogP contribution in [0.5, 0.6) is 0 Å². The maximum atomic E-state index is 13.6. The normalized spacial score (nSPS) is 19.9. The third kappa shape index (κ3) is 6.04. The van der Waals surface area contributed by atoms with Crippen LogP contribution in [0, 0.1) is 5.41 Å². The molecule has 40 heavy (non-hydrogen) atoms. The van der Waals surface area contributed by atoms with Crippen LogP contribution >= 0.6 is 12.4 Å². The molecule has 0 atom stereocenters. The summed E-state index contributed by atoms with van der Waals surface area (Å²) in [7, 11) is -7.46. The molecule has 1 spiro atoms. The SMILES string of the molecule is CC(C)(C)NS(=O)(=O)c1cccc(NC(=O)c2ccc(S(=O)(=O)C3(C)COC3)cc2N2CCC3(CC2)CC3)c1.Cl. The molecule has 220 valence electrons. The van der Waals surface area contributed by atoms with Gasteiger partial charge in [-0.05, 0) is 95.2 Å². The van der Waals surface area contributed by atoms with Gasteiger partial charge < -0.3 is 15.0 Å². The Morgan fingerprint density at radius 1 is 0.925 bits per heavy atom. The molecule has 2 N–H and O–H groups in total. The molecule has 2 heterocycles. The molecule has 5 rings (SSSR count). The molecule has 2 aliphatic heterocycles. The Labute approximate surface area is 243 Å². The highest BCUT2D eigenvalue weighted by Gasteiger charge is 2.48.